The fraction of sp³-hybridized carbons (Fsp3) is 0. The Balaban J connectivity index is 3.04. The number of aromatic nitrogens is 2. The molecular weight excluding hydrogens is 92.1 g/mol. The Hall–Kier alpha value is -1.30. The van der Waals surface area contributed by atoms with Crippen molar-refractivity contribution in [2.24, 2.45) is 0 Å². The lowest BCUT2D eigenvalue weighted by Crippen LogP contribution is -1.70. The van der Waals surface area contributed by atoms with Crippen molar-refractivity contribution in [1.82, 2.24) is 10.1 Å². The quantitative estimate of drug-likeness (QED) is 0.426. The average molecular weight is 94.1 g/mol. The summed E-state index contributed by atoms with van der Waals surface area (Å²) >= 11 is 0. The first-order chi connectivity index (χ1) is 3.43. The Morgan fingerprint density at radius 2 is 2.71 bits per heavy atom. The lowest BCUT2D eigenvalue weighted by Gasteiger charge is -1.61. The van der Waals surface area contributed by atoms with E-state index in [1.165, 1.54) is 6.39 Å². The van der Waals surface area contributed by atoms with Gasteiger partial charge in [-0.15, -0.1) is 6.42 Å². The standard InChI is InChI=1S/C4H2N2O/c1-2-4-5-3-7-6-4/h1,3H. The van der Waals surface area contributed by atoms with E-state index in [2.05, 4.69) is 20.6 Å². The van der Waals surface area contributed by atoms with Gasteiger partial charge in [-0.1, -0.05) is 0 Å². The van der Waals surface area contributed by atoms with Gasteiger partial charge < -0.3 is 4.52 Å². The number of rotatable bonds is 0. The van der Waals surface area contributed by atoms with Crippen LogP contribution in [-0.4, -0.2) is 10.1 Å². The summed E-state index contributed by atoms with van der Waals surface area (Å²) in [5.74, 6) is 2.48. The summed E-state index contributed by atoms with van der Waals surface area (Å²) < 4.78 is 4.30. The molecule has 1 aromatic heterocycles. The summed E-state index contributed by atoms with van der Waals surface area (Å²) in [7, 11) is 0. The molecule has 0 saturated carbocycles. The zero-order valence-electron chi connectivity index (χ0n) is 3.46. The Bertz CT molecular complexity index is 172. The highest BCUT2D eigenvalue weighted by Crippen LogP contribution is 1.79. The summed E-state index contributed by atoms with van der Waals surface area (Å²) in [6, 6.07) is 0. The van der Waals surface area contributed by atoms with Gasteiger partial charge in [0.25, 0.3) is 0 Å². The third-order valence-corrected chi connectivity index (χ3v) is 0.490. The van der Waals surface area contributed by atoms with Crippen molar-refractivity contribution in [3.05, 3.63) is 12.2 Å². The van der Waals surface area contributed by atoms with Crippen molar-refractivity contribution in [3.63, 3.8) is 0 Å². The molecule has 0 N–H and O–H groups in total. The van der Waals surface area contributed by atoms with Gasteiger partial charge in [-0.3, -0.25) is 0 Å². The van der Waals surface area contributed by atoms with Crippen molar-refractivity contribution in [2.45, 2.75) is 0 Å². The molecule has 0 radical (unpaired) electrons. The van der Waals surface area contributed by atoms with Gasteiger partial charge in [-0.25, -0.2) is 0 Å². The van der Waals surface area contributed by atoms with Crippen LogP contribution >= 0.6 is 0 Å². The highest BCUT2D eigenvalue weighted by Gasteiger charge is 1.84. The summed E-state index contributed by atoms with van der Waals surface area (Å²) in [4.78, 5) is 3.52. The predicted octanol–water partition coefficient (Wildman–Crippen LogP) is 0.0509. The van der Waals surface area contributed by atoms with Crippen LogP contribution in [0.1, 0.15) is 5.82 Å². The molecule has 34 valence electrons. The van der Waals surface area contributed by atoms with Crippen LogP contribution in [-0.2, 0) is 0 Å². The summed E-state index contributed by atoms with van der Waals surface area (Å²) in [6.45, 7) is 0. The van der Waals surface area contributed by atoms with E-state index < -0.39 is 0 Å². The van der Waals surface area contributed by atoms with Crippen molar-refractivity contribution < 1.29 is 4.52 Å². The minimum atomic E-state index is 0.292. The molecule has 7 heavy (non-hydrogen) atoms. The smallest absolute Gasteiger partial charge is 0.246 e. The minimum Gasteiger partial charge on any atom is -0.342 e. The molecule has 0 aliphatic carbocycles. The van der Waals surface area contributed by atoms with Crippen LogP contribution in [0.4, 0.5) is 0 Å². The van der Waals surface area contributed by atoms with Crippen LogP contribution in [0.3, 0.4) is 0 Å². The Labute approximate surface area is 40.3 Å². The second-order valence-electron chi connectivity index (χ2n) is 0.899. The summed E-state index contributed by atoms with van der Waals surface area (Å²) in [5.41, 5.74) is 0. The molecular formula is C4H2N2O. The first-order valence-corrected chi connectivity index (χ1v) is 1.66. The SMILES string of the molecule is C#Cc1ncon1. The lowest BCUT2D eigenvalue weighted by atomic mass is 10.7. The normalized spacial score (nSPS) is 7.86. The molecule has 0 amide bonds. The maximum absolute atomic E-state index is 4.86. The van der Waals surface area contributed by atoms with Crippen LogP contribution in [0.25, 0.3) is 0 Å². The van der Waals surface area contributed by atoms with Crippen LogP contribution < -0.4 is 0 Å². The van der Waals surface area contributed by atoms with Gasteiger partial charge in [0.15, 0.2) is 0 Å². The zero-order valence-corrected chi connectivity index (χ0v) is 3.46. The Kier molecular flexibility index (Phi) is 0.794. The Morgan fingerprint density at radius 3 is 3.00 bits per heavy atom. The molecule has 3 heteroatoms. The fourth-order valence-electron chi connectivity index (χ4n) is 0.234. The molecule has 0 aliphatic heterocycles. The second kappa shape index (κ2) is 1.43. The molecule has 0 bridgehead atoms. The van der Waals surface area contributed by atoms with E-state index in [9.17, 15) is 0 Å². The average Bonchev–Trinajstić information content (AvgIpc) is 2.14. The largest absolute Gasteiger partial charge is 0.342 e. The van der Waals surface area contributed by atoms with Gasteiger partial charge in [-0.05, 0) is 11.1 Å². The molecule has 0 spiro atoms. The van der Waals surface area contributed by atoms with Gasteiger partial charge in [0.1, 0.15) is 0 Å². The van der Waals surface area contributed by atoms with Crippen LogP contribution in [0, 0.1) is 12.3 Å². The molecule has 3 nitrogen and oxygen atoms in total. The molecule has 1 rings (SSSR count). The van der Waals surface area contributed by atoms with Crippen molar-refractivity contribution >= 4 is 0 Å². The van der Waals surface area contributed by atoms with Crippen LogP contribution in [0.15, 0.2) is 10.9 Å². The van der Waals surface area contributed by atoms with Crippen molar-refractivity contribution in [1.29, 1.82) is 0 Å². The first kappa shape index (κ1) is 3.88. The lowest BCUT2D eigenvalue weighted by molar-refractivity contribution is 0.415. The van der Waals surface area contributed by atoms with Gasteiger partial charge in [0, 0.05) is 0 Å². The summed E-state index contributed by atoms with van der Waals surface area (Å²) in [6.07, 6.45) is 6.05. The number of nitrogens with zero attached hydrogens (tertiary/aromatic N) is 2. The van der Waals surface area contributed by atoms with Gasteiger partial charge in [-0.2, -0.15) is 4.98 Å². The molecule has 0 atom stereocenters. The number of hydrogen-bond acceptors (Lipinski definition) is 3. The minimum absolute atomic E-state index is 0.292. The molecule has 1 aromatic rings. The van der Waals surface area contributed by atoms with E-state index in [1.807, 2.05) is 0 Å². The molecule has 0 saturated heterocycles. The van der Waals surface area contributed by atoms with E-state index >= 15 is 0 Å². The van der Waals surface area contributed by atoms with E-state index in [0.29, 0.717) is 5.82 Å². The maximum Gasteiger partial charge on any atom is 0.246 e. The molecule has 1 heterocycles. The number of hydrogen-bond donors (Lipinski definition) is 0. The van der Waals surface area contributed by atoms with E-state index in [1.54, 1.807) is 0 Å². The third kappa shape index (κ3) is 0.578. The second-order valence-corrected chi connectivity index (χ2v) is 0.899. The first-order valence-electron chi connectivity index (χ1n) is 1.66. The van der Waals surface area contributed by atoms with Gasteiger partial charge in [0.2, 0.25) is 12.2 Å². The van der Waals surface area contributed by atoms with E-state index in [4.69, 9.17) is 6.42 Å². The van der Waals surface area contributed by atoms with E-state index in [-0.39, 0.29) is 0 Å². The molecule has 0 aliphatic rings. The van der Waals surface area contributed by atoms with Crippen molar-refractivity contribution in [3.8, 4) is 12.3 Å². The highest BCUT2D eigenvalue weighted by atomic mass is 16.5. The third-order valence-electron chi connectivity index (χ3n) is 0.490. The Morgan fingerprint density at radius 1 is 1.86 bits per heavy atom. The number of terminal acetylenes is 1. The topological polar surface area (TPSA) is 38.9 Å². The predicted molar refractivity (Wildman–Crippen MR) is 22.2 cm³/mol. The van der Waals surface area contributed by atoms with Gasteiger partial charge >= 0.3 is 0 Å². The molecule has 0 aromatic carbocycles. The maximum atomic E-state index is 4.86. The monoisotopic (exact) mass is 94.0 g/mol. The van der Waals surface area contributed by atoms with E-state index in [0.717, 1.165) is 0 Å². The van der Waals surface area contributed by atoms with Crippen LogP contribution in [0.5, 0.6) is 0 Å². The summed E-state index contributed by atoms with van der Waals surface area (Å²) in [5, 5.41) is 3.31. The van der Waals surface area contributed by atoms with Gasteiger partial charge in [0.05, 0.1) is 0 Å². The highest BCUT2D eigenvalue weighted by molar-refractivity contribution is 5.11. The molecule has 0 unspecified atom stereocenters. The van der Waals surface area contributed by atoms with Crippen molar-refractivity contribution in [2.75, 3.05) is 0 Å². The molecule has 0 fully saturated rings. The fourth-order valence-corrected chi connectivity index (χ4v) is 0.234. The zero-order chi connectivity index (χ0) is 5.11. The van der Waals surface area contributed by atoms with Crippen LogP contribution in [0.2, 0.25) is 0 Å².